The number of pyridine rings is 1. The molecule has 0 atom stereocenters. The van der Waals surface area contributed by atoms with E-state index in [1.54, 1.807) is 0 Å². The summed E-state index contributed by atoms with van der Waals surface area (Å²) in [6.45, 7) is 0. The minimum absolute atomic E-state index is 0.835. The fourth-order valence-corrected chi connectivity index (χ4v) is 2.75. The molecule has 73 valence electrons. The maximum Gasteiger partial charge on any atom is 0.0640 e. The molecule has 0 aliphatic heterocycles. The predicted octanol–water partition coefficient (Wildman–Crippen LogP) is 2.36. The molecule has 1 aromatic rings. The Morgan fingerprint density at radius 1 is 0.786 bits per heavy atom. The van der Waals surface area contributed by atoms with Crippen LogP contribution in [0.3, 0.4) is 0 Å². The summed E-state index contributed by atoms with van der Waals surface area (Å²) in [7, 11) is 0. The van der Waals surface area contributed by atoms with Gasteiger partial charge in [0.15, 0.2) is 0 Å². The molecule has 2 heteroatoms. The zero-order valence-electron chi connectivity index (χ0n) is 8.40. The highest BCUT2D eigenvalue weighted by Crippen LogP contribution is 2.34. The highest BCUT2D eigenvalue weighted by molar-refractivity contribution is 5.56. The predicted molar refractivity (Wildman–Crippen MR) is 55.7 cm³/mol. The van der Waals surface area contributed by atoms with Gasteiger partial charge in [0.2, 0.25) is 0 Å². The summed E-state index contributed by atoms with van der Waals surface area (Å²) < 4.78 is 0. The summed E-state index contributed by atoms with van der Waals surface area (Å²) in [5.74, 6) is 0. The first kappa shape index (κ1) is 8.27. The van der Waals surface area contributed by atoms with Crippen molar-refractivity contribution in [3.05, 3.63) is 22.5 Å². The second kappa shape index (κ2) is 2.97. The molecule has 0 unspecified atom stereocenters. The molecular weight excluding hydrogens is 172 g/mol. The maximum absolute atomic E-state index is 8.17. The highest BCUT2D eigenvalue weighted by Gasteiger charge is 2.22. The summed E-state index contributed by atoms with van der Waals surface area (Å²) in [6, 6.07) is 0. The zero-order valence-corrected chi connectivity index (χ0v) is 8.40. The summed E-state index contributed by atoms with van der Waals surface area (Å²) >= 11 is 0. The number of fused-ring (bicyclic) bond motifs is 2. The van der Waals surface area contributed by atoms with Crippen molar-refractivity contribution in [1.29, 1.82) is 0 Å². The van der Waals surface area contributed by atoms with Crippen LogP contribution in [0, 0.1) is 0 Å². The smallest absolute Gasteiger partial charge is 0.0640 e. The van der Waals surface area contributed by atoms with Crippen molar-refractivity contribution in [3.63, 3.8) is 0 Å². The molecule has 0 amide bonds. The van der Waals surface area contributed by atoms with Crippen molar-refractivity contribution < 1.29 is 0 Å². The Morgan fingerprint density at radius 2 is 1.36 bits per heavy atom. The molecule has 0 saturated carbocycles. The van der Waals surface area contributed by atoms with E-state index in [9.17, 15) is 0 Å². The number of nitrogens with one attached hydrogen (secondary N) is 1. The SMILES string of the molecule is [NH]c1c2c(nc3c1CCC3)CCCC2. The Balaban J connectivity index is 2.20. The van der Waals surface area contributed by atoms with Crippen molar-refractivity contribution in [3.8, 4) is 0 Å². The van der Waals surface area contributed by atoms with Gasteiger partial charge < -0.3 is 5.73 Å². The first-order valence-electron chi connectivity index (χ1n) is 5.61. The van der Waals surface area contributed by atoms with E-state index in [1.165, 1.54) is 41.8 Å². The summed E-state index contributed by atoms with van der Waals surface area (Å²) in [6.07, 6.45) is 8.11. The molecule has 0 bridgehead atoms. The van der Waals surface area contributed by atoms with E-state index in [2.05, 4.69) is 0 Å². The molecular formula is C12H15N2. The van der Waals surface area contributed by atoms with Gasteiger partial charge in [-0.15, -0.1) is 0 Å². The largest absolute Gasteiger partial charge is 0.300 e. The first-order valence-corrected chi connectivity index (χ1v) is 5.61. The van der Waals surface area contributed by atoms with Gasteiger partial charge in [0, 0.05) is 11.4 Å². The fraction of sp³-hybridized carbons (Fsp3) is 0.583. The van der Waals surface area contributed by atoms with E-state index in [4.69, 9.17) is 10.7 Å². The van der Waals surface area contributed by atoms with Crippen molar-refractivity contribution >= 4 is 5.69 Å². The lowest BCUT2D eigenvalue weighted by Crippen LogP contribution is -2.09. The molecule has 2 nitrogen and oxygen atoms in total. The Hall–Kier alpha value is -1.05. The molecule has 14 heavy (non-hydrogen) atoms. The van der Waals surface area contributed by atoms with Crippen LogP contribution in [0.2, 0.25) is 0 Å². The van der Waals surface area contributed by atoms with E-state index in [1.807, 2.05) is 0 Å². The molecule has 0 fully saturated rings. The summed E-state index contributed by atoms with van der Waals surface area (Å²) in [4.78, 5) is 4.73. The Labute approximate surface area is 84.5 Å². The van der Waals surface area contributed by atoms with Gasteiger partial charge in [-0.3, -0.25) is 4.98 Å². The monoisotopic (exact) mass is 187 g/mol. The molecule has 1 heterocycles. The third-order valence-electron chi connectivity index (χ3n) is 3.50. The van der Waals surface area contributed by atoms with E-state index in [0.717, 1.165) is 31.4 Å². The molecule has 1 N–H and O–H groups in total. The van der Waals surface area contributed by atoms with Crippen molar-refractivity contribution in [1.82, 2.24) is 10.7 Å². The number of aromatic nitrogens is 1. The molecule has 0 saturated heterocycles. The summed E-state index contributed by atoms with van der Waals surface area (Å²) in [5.41, 5.74) is 14.0. The average molecular weight is 187 g/mol. The average Bonchev–Trinajstić information content (AvgIpc) is 2.66. The van der Waals surface area contributed by atoms with Gasteiger partial charge in [-0.05, 0) is 56.1 Å². The van der Waals surface area contributed by atoms with Crippen LogP contribution in [0.25, 0.3) is 0 Å². The van der Waals surface area contributed by atoms with Crippen molar-refractivity contribution in [2.24, 2.45) is 0 Å². The fourth-order valence-electron chi connectivity index (χ4n) is 2.75. The van der Waals surface area contributed by atoms with Crippen LogP contribution in [0.1, 0.15) is 41.8 Å². The molecule has 2 aliphatic carbocycles. The number of aryl methyl sites for hydroxylation is 2. The van der Waals surface area contributed by atoms with E-state index >= 15 is 0 Å². The molecule has 0 aromatic carbocycles. The van der Waals surface area contributed by atoms with Crippen LogP contribution in [0.4, 0.5) is 5.69 Å². The lowest BCUT2D eigenvalue weighted by atomic mass is 9.92. The third kappa shape index (κ3) is 1.06. The number of rotatable bonds is 0. The van der Waals surface area contributed by atoms with Gasteiger partial charge in [-0.1, -0.05) is 0 Å². The Bertz CT molecular complexity index is 382. The topological polar surface area (TPSA) is 36.7 Å². The Morgan fingerprint density at radius 3 is 2.14 bits per heavy atom. The van der Waals surface area contributed by atoms with Gasteiger partial charge in [0.1, 0.15) is 0 Å². The van der Waals surface area contributed by atoms with Crippen LogP contribution >= 0.6 is 0 Å². The molecule has 2 aliphatic rings. The number of nitrogens with zero attached hydrogens (tertiary/aromatic N) is 1. The van der Waals surface area contributed by atoms with Crippen molar-refractivity contribution in [2.45, 2.75) is 44.9 Å². The molecule has 1 aromatic heterocycles. The zero-order chi connectivity index (χ0) is 9.54. The normalized spacial score (nSPS) is 19.1. The second-order valence-electron chi connectivity index (χ2n) is 4.40. The quantitative estimate of drug-likeness (QED) is 0.614. The van der Waals surface area contributed by atoms with E-state index in [0.29, 0.717) is 0 Å². The minimum Gasteiger partial charge on any atom is -0.300 e. The molecule has 1 radical (unpaired) electrons. The standard InChI is InChI=1S/C12H15N2/c13-12-8-4-1-2-6-10(8)14-11-7-3-5-9(11)12/h13H,1-7H2. The third-order valence-corrected chi connectivity index (χ3v) is 3.50. The van der Waals surface area contributed by atoms with Crippen LogP contribution in [0.15, 0.2) is 0 Å². The van der Waals surface area contributed by atoms with E-state index < -0.39 is 0 Å². The lowest BCUT2D eigenvalue weighted by molar-refractivity contribution is 0.664. The van der Waals surface area contributed by atoms with Gasteiger partial charge >= 0.3 is 0 Å². The van der Waals surface area contributed by atoms with Gasteiger partial charge in [0.25, 0.3) is 0 Å². The van der Waals surface area contributed by atoms with Gasteiger partial charge in [-0.2, -0.15) is 0 Å². The first-order chi connectivity index (χ1) is 6.86. The minimum atomic E-state index is 0.835. The highest BCUT2D eigenvalue weighted by atomic mass is 14.8. The summed E-state index contributed by atoms with van der Waals surface area (Å²) in [5, 5.41) is 0. The van der Waals surface area contributed by atoms with Gasteiger partial charge in [-0.25, -0.2) is 0 Å². The Kier molecular flexibility index (Phi) is 1.76. The van der Waals surface area contributed by atoms with Crippen molar-refractivity contribution in [2.75, 3.05) is 0 Å². The van der Waals surface area contributed by atoms with Crippen LogP contribution in [-0.4, -0.2) is 4.98 Å². The molecule has 0 spiro atoms. The van der Waals surface area contributed by atoms with Crippen LogP contribution < -0.4 is 5.73 Å². The van der Waals surface area contributed by atoms with Gasteiger partial charge in [0.05, 0.1) is 5.69 Å². The van der Waals surface area contributed by atoms with E-state index in [-0.39, 0.29) is 0 Å². The number of hydrogen-bond donors (Lipinski definition) is 0. The maximum atomic E-state index is 8.17. The molecule has 3 rings (SSSR count). The van der Waals surface area contributed by atoms with Crippen LogP contribution in [-0.2, 0) is 25.7 Å². The second-order valence-corrected chi connectivity index (χ2v) is 4.40. The lowest BCUT2D eigenvalue weighted by Gasteiger charge is -2.18. The number of hydrogen-bond acceptors (Lipinski definition) is 1. The van der Waals surface area contributed by atoms with Crippen LogP contribution in [0.5, 0.6) is 0 Å².